The molecule has 0 amide bonds. The van der Waals surface area contributed by atoms with Gasteiger partial charge in [0.15, 0.2) is 5.78 Å². The van der Waals surface area contributed by atoms with Crippen molar-refractivity contribution in [3.8, 4) is 0 Å². The van der Waals surface area contributed by atoms with Crippen molar-refractivity contribution in [2.45, 2.75) is 0 Å². The van der Waals surface area contributed by atoms with Crippen LogP contribution in [0.25, 0.3) is 11.0 Å². The molecule has 0 bridgehead atoms. The van der Waals surface area contributed by atoms with Crippen LogP contribution in [0, 0.1) is 11.6 Å². The first-order valence-electron chi connectivity index (χ1n) is 5.76. The maximum Gasteiger partial charge on any atom is 0.323 e. The van der Waals surface area contributed by atoms with Gasteiger partial charge in [0.2, 0.25) is 0 Å². The molecule has 0 aliphatic carbocycles. The second kappa shape index (κ2) is 4.41. The van der Waals surface area contributed by atoms with Gasteiger partial charge in [-0.25, -0.2) is 13.6 Å². The quantitative estimate of drug-likeness (QED) is 0.704. The summed E-state index contributed by atoms with van der Waals surface area (Å²) in [5, 5.41) is 0. The number of rotatable bonds is 2. The van der Waals surface area contributed by atoms with E-state index < -0.39 is 23.1 Å². The third kappa shape index (κ3) is 2.01. The fourth-order valence-corrected chi connectivity index (χ4v) is 2.00. The van der Waals surface area contributed by atoms with Gasteiger partial charge in [-0.1, -0.05) is 0 Å². The molecule has 0 spiro atoms. The standard InChI is InChI=1S/C14H8F2N2O2/c15-8-2-3-9(10(16)6-8)13(19)7-1-4-11-12(5-7)18-14(20)17-11/h1-6H,(H2,17,18,20). The van der Waals surface area contributed by atoms with E-state index in [1.54, 1.807) is 6.07 Å². The number of nitrogens with one attached hydrogen (secondary N) is 2. The number of hydrogen-bond donors (Lipinski definition) is 2. The fraction of sp³-hybridized carbons (Fsp3) is 0. The summed E-state index contributed by atoms with van der Waals surface area (Å²) in [6.45, 7) is 0. The maximum absolute atomic E-state index is 13.6. The molecule has 100 valence electrons. The van der Waals surface area contributed by atoms with Crippen molar-refractivity contribution in [3.05, 3.63) is 69.6 Å². The van der Waals surface area contributed by atoms with Crippen molar-refractivity contribution >= 4 is 16.8 Å². The summed E-state index contributed by atoms with van der Waals surface area (Å²) in [7, 11) is 0. The van der Waals surface area contributed by atoms with Gasteiger partial charge in [0.25, 0.3) is 0 Å². The highest BCUT2D eigenvalue weighted by atomic mass is 19.1. The number of aromatic amines is 2. The number of fused-ring (bicyclic) bond motifs is 1. The van der Waals surface area contributed by atoms with Crippen LogP contribution in [-0.2, 0) is 0 Å². The molecule has 3 aromatic rings. The van der Waals surface area contributed by atoms with E-state index in [0.29, 0.717) is 17.1 Å². The molecule has 1 aromatic heterocycles. The lowest BCUT2D eigenvalue weighted by atomic mass is 10.0. The molecule has 0 radical (unpaired) electrons. The Morgan fingerprint density at radius 3 is 2.45 bits per heavy atom. The molecule has 4 nitrogen and oxygen atoms in total. The highest BCUT2D eigenvalue weighted by Gasteiger charge is 2.15. The van der Waals surface area contributed by atoms with Crippen molar-refractivity contribution in [3.63, 3.8) is 0 Å². The average Bonchev–Trinajstić information content (AvgIpc) is 2.77. The molecular formula is C14H8F2N2O2. The first-order chi connectivity index (χ1) is 9.54. The Labute approximate surface area is 111 Å². The van der Waals surface area contributed by atoms with Gasteiger partial charge in [0.05, 0.1) is 16.6 Å². The molecule has 3 rings (SSSR count). The Bertz CT molecular complexity index is 880. The molecular weight excluding hydrogens is 266 g/mol. The zero-order chi connectivity index (χ0) is 14.3. The fourth-order valence-electron chi connectivity index (χ4n) is 2.00. The van der Waals surface area contributed by atoms with Gasteiger partial charge in [-0.05, 0) is 30.3 Å². The molecule has 0 unspecified atom stereocenters. The Kier molecular flexibility index (Phi) is 2.71. The lowest BCUT2D eigenvalue weighted by Crippen LogP contribution is -2.04. The van der Waals surface area contributed by atoms with Gasteiger partial charge >= 0.3 is 5.69 Å². The van der Waals surface area contributed by atoms with E-state index in [-0.39, 0.29) is 11.1 Å². The van der Waals surface area contributed by atoms with Gasteiger partial charge in [0.1, 0.15) is 11.6 Å². The predicted molar refractivity (Wildman–Crippen MR) is 68.7 cm³/mol. The van der Waals surface area contributed by atoms with Gasteiger partial charge in [-0.2, -0.15) is 0 Å². The summed E-state index contributed by atoms with van der Waals surface area (Å²) in [4.78, 5) is 28.3. The summed E-state index contributed by atoms with van der Waals surface area (Å²) in [5.74, 6) is -2.24. The Hall–Kier alpha value is -2.76. The Balaban J connectivity index is 2.09. The molecule has 1 heterocycles. The van der Waals surface area contributed by atoms with Crippen LogP contribution in [0.4, 0.5) is 8.78 Å². The third-order valence-corrected chi connectivity index (χ3v) is 2.95. The van der Waals surface area contributed by atoms with Crippen molar-refractivity contribution in [2.24, 2.45) is 0 Å². The number of H-pyrrole nitrogens is 2. The molecule has 0 aliphatic rings. The molecule has 2 N–H and O–H groups in total. The van der Waals surface area contributed by atoms with Crippen molar-refractivity contribution in [1.29, 1.82) is 0 Å². The smallest absolute Gasteiger partial charge is 0.306 e. The molecule has 6 heteroatoms. The molecule has 0 aliphatic heterocycles. The number of aromatic nitrogens is 2. The average molecular weight is 274 g/mol. The number of carbonyl (C=O) groups excluding carboxylic acids is 1. The summed E-state index contributed by atoms with van der Waals surface area (Å²) >= 11 is 0. The van der Waals surface area contributed by atoms with E-state index >= 15 is 0 Å². The predicted octanol–water partition coefficient (Wildman–Crippen LogP) is 2.37. The number of halogens is 2. The van der Waals surface area contributed by atoms with Crippen molar-refractivity contribution < 1.29 is 13.6 Å². The highest BCUT2D eigenvalue weighted by molar-refractivity contribution is 6.10. The normalized spacial score (nSPS) is 10.9. The number of carbonyl (C=O) groups is 1. The minimum Gasteiger partial charge on any atom is -0.306 e. The first kappa shape index (κ1) is 12.3. The summed E-state index contributed by atoms with van der Waals surface area (Å²) < 4.78 is 26.4. The monoisotopic (exact) mass is 274 g/mol. The van der Waals surface area contributed by atoms with E-state index in [0.717, 1.165) is 12.1 Å². The van der Waals surface area contributed by atoms with Gasteiger partial charge in [0, 0.05) is 11.6 Å². The highest BCUT2D eigenvalue weighted by Crippen LogP contribution is 2.17. The maximum atomic E-state index is 13.6. The molecule has 0 saturated carbocycles. The first-order valence-corrected chi connectivity index (χ1v) is 5.76. The molecule has 0 atom stereocenters. The minimum atomic E-state index is -0.919. The second-order valence-electron chi connectivity index (χ2n) is 4.29. The van der Waals surface area contributed by atoms with E-state index in [1.807, 2.05) is 0 Å². The SMILES string of the molecule is O=C(c1ccc2[nH]c(=O)[nH]c2c1)c1ccc(F)cc1F. The van der Waals surface area contributed by atoms with Crippen LogP contribution in [0.1, 0.15) is 15.9 Å². The van der Waals surface area contributed by atoms with E-state index in [4.69, 9.17) is 0 Å². The molecule has 20 heavy (non-hydrogen) atoms. The summed E-state index contributed by atoms with van der Waals surface area (Å²) in [6.07, 6.45) is 0. The van der Waals surface area contributed by atoms with Gasteiger partial charge in [-0.3, -0.25) is 4.79 Å². The Morgan fingerprint density at radius 2 is 1.70 bits per heavy atom. The topological polar surface area (TPSA) is 65.7 Å². The third-order valence-electron chi connectivity index (χ3n) is 2.95. The lowest BCUT2D eigenvalue weighted by molar-refractivity contribution is 0.103. The minimum absolute atomic E-state index is 0.207. The molecule has 2 aromatic carbocycles. The number of imidazole rings is 1. The van der Waals surface area contributed by atoms with Gasteiger partial charge in [-0.15, -0.1) is 0 Å². The van der Waals surface area contributed by atoms with Gasteiger partial charge < -0.3 is 9.97 Å². The zero-order valence-corrected chi connectivity index (χ0v) is 10.0. The molecule has 0 saturated heterocycles. The second-order valence-corrected chi connectivity index (χ2v) is 4.29. The largest absolute Gasteiger partial charge is 0.323 e. The van der Waals surface area contributed by atoms with E-state index in [2.05, 4.69) is 9.97 Å². The van der Waals surface area contributed by atoms with Crippen LogP contribution >= 0.6 is 0 Å². The van der Waals surface area contributed by atoms with Crippen LogP contribution < -0.4 is 5.69 Å². The number of ketones is 1. The van der Waals surface area contributed by atoms with Crippen LogP contribution in [0.5, 0.6) is 0 Å². The van der Waals surface area contributed by atoms with Crippen LogP contribution in [0.15, 0.2) is 41.2 Å². The van der Waals surface area contributed by atoms with Crippen molar-refractivity contribution in [1.82, 2.24) is 9.97 Å². The number of hydrogen-bond acceptors (Lipinski definition) is 2. The molecule has 0 fully saturated rings. The lowest BCUT2D eigenvalue weighted by Gasteiger charge is -2.03. The van der Waals surface area contributed by atoms with Crippen LogP contribution in [0.3, 0.4) is 0 Å². The zero-order valence-electron chi connectivity index (χ0n) is 10.0. The van der Waals surface area contributed by atoms with E-state index in [1.165, 1.54) is 12.1 Å². The number of benzene rings is 2. The summed E-state index contributed by atoms with van der Waals surface area (Å²) in [5.41, 5.74) is 0.592. The van der Waals surface area contributed by atoms with Crippen LogP contribution in [0.2, 0.25) is 0 Å². The van der Waals surface area contributed by atoms with Crippen LogP contribution in [-0.4, -0.2) is 15.8 Å². The summed E-state index contributed by atoms with van der Waals surface area (Å²) in [6, 6.07) is 7.23. The Morgan fingerprint density at radius 1 is 0.950 bits per heavy atom. The van der Waals surface area contributed by atoms with E-state index in [9.17, 15) is 18.4 Å². The van der Waals surface area contributed by atoms with Crippen molar-refractivity contribution in [2.75, 3.05) is 0 Å².